The van der Waals surface area contributed by atoms with E-state index in [1.165, 1.54) is 0 Å². The van der Waals surface area contributed by atoms with Gasteiger partial charge in [-0.2, -0.15) is 0 Å². The molecule has 0 spiro atoms. The highest BCUT2D eigenvalue weighted by Crippen LogP contribution is 2.29. The average molecular weight is 438 g/mol. The van der Waals surface area contributed by atoms with E-state index in [0.717, 1.165) is 57.6 Å². The third-order valence-electron chi connectivity index (χ3n) is 3.87. The van der Waals surface area contributed by atoms with Crippen molar-refractivity contribution in [3.05, 3.63) is 39.8 Å². The molecule has 130 valence electrons. The van der Waals surface area contributed by atoms with Crippen LogP contribution in [0.2, 0.25) is 0 Å². The van der Waals surface area contributed by atoms with E-state index in [9.17, 15) is 0 Å². The van der Waals surface area contributed by atoms with Crippen LogP contribution in [0.5, 0.6) is 0 Å². The first-order valence-electron chi connectivity index (χ1n) is 7.99. The summed E-state index contributed by atoms with van der Waals surface area (Å²) in [5.74, 6) is 0.746. The second-order valence-electron chi connectivity index (χ2n) is 5.72. The number of hydrogen-bond donors (Lipinski definition) is 0. The molecule has 1 aromatic carbocycles. The van der Waals surface area contributed by atoms with Gasteiger partial charge in [0.25, 0.3) is 0 Å². The molecule has 0 N–H and O–H groups in total. The third kappa shape index (κ3) is 4.28. The van der Waals surface area contributed by atoms with Crippen LogP contribution in [0.4, 0.5) is 0 Å². The van der Waals surface area contributed by atoms with Crippen LogP contribution in [-0.2, 0) is 17.0 Å². The number of benzene rings is 1. The standard InChI is InChI=1S/C16H16BrN5OS2/c17-12-4-1-3-11(7-12)15-18-13(9-24-15)10-25-16-19-20-21-22(16)8-14-5-2-6-23-14/h1,3-4,7,9,14H,2,5-6,8,10H2/t14-/m0/s1. The van der Waals surface area contributed by atoms with Crippen LogP contribution < -0.4 is 0 Å². The zero-order valence-electron chi connectivity index (χ0n) is 13.3. The number of ether oxygens (including phenoxy) is 1. The summed E-state index contributed by atoms with van der Waals surface area (Å²) in [6.45, 7) is 1.56. The summed E-state index contributed by atoms with van der Waals surface area (Å²) >= 11 is 6.77. The molecule has 1 saturated heterocycles. The van der Waals surface area contributed by atoms with Gasteiger partial charge in [-0.05, 0) is 35.4 Å². The minimum Gasteiger partial charge on any atom is -0.376 e. The zero-order chi connectivity index (χ0) is 17.1. The lowest BCUT2D eigenvalue weighted by Gasteiger charge is -2.09. The molecule has 0 saturated carbocycles. The molecule has 1 atom stereocenters. The van der Waals surface area contributed by atoms with Gasteiger partial charge in [0.1, 0.15) is 5.01 Å². The predicted molar refractivity (Wildman–Crippen MR) is 102 cm³/mol. The van der Waals surface area contributed by atoms with Crippen molar-refractivity contribution < 1.29 is 4.74 Å². The Labute approximate surface area is 162 Å². The SMILES string of the molecule is Brc1cccc(-c2nc(CSc3nnnn3C[C@@H]3CCCO3)cs2)c1. The number of tetrazole rings is 1. The first-order chi connectivity index (χ1) is 12.3. The fraction of sp³-hybridized carbons (Fsp3) is 0.375. The molecule has 4 rings (SSSR count). The molecule has 0 aliphatic carbocycles. The van der Waals surface area contributed by atoms with Gasteiger partial charge in [0.2, 0.25) is 5.16 Å². The van der Waals surface area contributed by atoms with Gasteiger partial charge < -0.3 is 4.74 Å². The maximum atomic E-state index is 5.67. The van der Waals surface area contributed by atoms with Crippen molar-refractivity contribution in [2.45, 2.75) is 36.4 Å². The average Bonchev–Trinajstić information content (AvgIpc) is 3.36. The van der Waals surface area contributed by atoms with Crippen molar-refractivity contribution >= 4 is 39.0 Å². The van der Waals surface area contributed by atoms with Crippen LogP contribution in [0, 0.1) is 0 Å². The lowest BCUT2D eigenvalue weighted by Crippen LogP contribution is -2.16. The highest BCUT2D eigenvalue weighted by atomic mass is 79.9. The lowest BCUT2D eigenvalue weighted by molar-refractivity contribution is 0.0912. The second-order valence-corrected chi connectivity index (χ2v) is 8.44. The van der Waals surface area contributed by atoms with Gasteiger partial charge in [-0.3, -0.25) is 0 Å². The Morgan fingerprint density at radius 3 is 3.20 bits per heavy atom. The van der Waals surface area contributed by atoms with Crippen LogP contribution in [0.15, 0.2) is 39.3 Å². The Kier molecular flexibility index (Phi) is 5.45. The van der Waals surface area contributed by atoms with Crippen molar-refractivity contribution in [3.8, 4) is 10.6 Å². The highest BCUT2D eigenvalue weighted by Gasteiger charge is 2.19. The van der Waals surface area contributed by atoms with Gasteiger partial charge in [-0.15, -0.1) is 16.4 Å². The number of rotatable bonds is 6. The summed E-state index contributed by atoms with van der Waals surface area (Å²) < 4.78 is 8.56. The van der Waals surface area contributed by atoms with Gasteiger partial charge in [0.05, 0.1) is 18.3 Å². The number of thioether (sulfide) groups is 1. The van der Waals surface area contributed by atoms with Crippen LogP contribution in [0.3, 0.4) is 0 Å². The molecule has 0 amide bonds. The number of nitrogens with zero attached hydrogens (tertiary/aromatic N) is 5. The molecule has 3 aromatic rings. The molecule has 25 heavy (non-hydrogen) atoms. The van der Waals surface area contributed by atoms with E-state index in [1.54, 1.807) is 23.1 Å². The van der Waals surface area contributed by atoms with Gasteiger partial charge in [0.15, 0.2) is 0 Å². The molecule has 3 heterocycles. The number of hydrogen-bond acceptors (Lipinski definition) is 7. The van der Waals surface area contributed by atoms with Gasteiger partial charge in [-0.25, -0.2) is 9.67 Å². The molecule has 0 radical (unpaired) electrons. The van der Waals surface area contributed by atoms with E-state index >= 15 is 0 Å². The fourth-order valence-corrected chi connectivity index (χ4v) is 4.76. The third-order valence-corrected chi connectivity index (χ3v) is 6.30. The van der Waals surface area contributed by atoms with Crippen molar-refractivity contribution in [2.75, 3.05) is 6.61 Å². The van der Waals surface area contributed by atoms with Crippen molar-refractivity contribution in [3.63, 3.8) is 0 Å². The van der Waals surface area contributed by atoms with Crippen molar-refractivity contribution in [1.29, 1.82) is 0 Å². The topological polar surface area (TPSA) is 65.7 Å². The van der Waals surface area contributed by atoms with Crippen molar-refractivity contribution in [2.24, 2.45) is 0 Å². The quantitative estimate of drug-likeness (QED) is 0.542. The van der Waals surface area contributed by atoms with Crippen LogP contribution in [0.25, 0.3) is 10.6 Å². The molecule has 2 aromatic heterocycles. The van der Waals surface area contributed by atoms with E-state index in [1.807, 2.05) is 16.8 Å². The minimum absolute atomic E-state index is 0.227. The van der Waals surface area contributed by atoms with E-state index < -0.39 is 0 Å². The molecular weight excluding hydrogens is 422 g/mol. The molecule has 1 aliphatic rings. The Morgan fingerprint density at radius 2 is 2.36 bits per heavy atom. The van der Waals surface area contributed by atoms with Crippen LogP contribution in [0.1, 0.15) is 18.5 Å². The lowest BCUT2D eigenvalue weighted by atomic mass is 10.2. The second kappa shape index (κ2) is 7.94. The maximum absolute atomic E-state index is 5.67. The summed E-state index contributed by atoms with van der Waals surface area (Å²) in [5, 5.41) is 15.9. The van der Waals surface area contributed by atoms with Crippen LogP contribution in [-0.4, -0.2) is 37.9 Å². The minimum atomic E-state index is 0.227. The molecule has 0 unspecified atom stereocenters. The highest BCUT2D eigenvalue weighted by molar-refractivity contribution is 9.10. The zero-order valence-corrected chi connectivity index (χ0v) is 16.6. The van der Waals surface area contributed by atoms with E-state index in [-0.39, 0.29) is 6.10 Å². The number of aromatic nitrogens is 5. The Balaban J connectivity index is 1.40. The summed E-state index contributed by atoms with van der Waals surface area (Å²) in [6.07, 6.45) is 2.42. The Bertz CT molecular complexity index is 846. The van der Waals surface area contributed by atoms with Gasteiger partial charge >= 0.3 is 0 Å². The Morgan fingerprint density at radius 1 is 1.40 bits per heavy atom. The summed E-state index contributed by atoms with van der Waals surface area (Å²) in [5.41, 5.74) is 2.16. The van der Waals surface area contributed by atoms with Gasteiger partial charge in [0, 0.05) is 27.8 Å². The summed E-state index contributed by atoms with van der Waals surface area (Å²) in [7, 11) is 0. The van der Waals surface area contributed by atoms with E-state index in [2.05, 4.69) is 49.0 Å². The van der Waals surface area contributed by atoms with E-state index in [0.29, 0.717) is 0 Å². The maximum Gasteiger partial charge on any atom is 0.209 e. The fourth-order valence-electron chi connectivity index (χ4n) is 2.66. The molecule has 9 heteroatoms. The Hall–Kier alpha value is -1.29. The number of halogens is 1. The molecule has 1 aliphatic heterocycles. The smallest absolute Gasteiger partial charge is 0.209 e. The number of thiazole rings is 1. The molecular formula is C16H16BrN5OS2. The molecule has 0 bridgehead atoms. The monoisotopic (exact) mass is 437 g/mol. The normalized spacial score (nSPS) is 17.2. The van der Waals surface area contributed by atoms with Gasteiger partial charge in [-0.1, -0.05) is 39.8 Å². The summed E-state index contributed by atoms with van der Waals surface area (Å²) in [4.78, 5) is 4.73. The predicted octanol–water partition coefficient (Wildman–Crippen LogP) is 4.03. The molecule has 6 nitrogen and oxygen atoms in total. The van der Waals surface area contributed by atoms with Crippen molar-refractivity contribution in [1.82, 2.24) is 25.2 Å². The largest absolute Gasteiger partial charge is 0.376 e. The first-order valence-corrected chi connectivity index (χ1v) is 10.6. The molecule has 1 fully saturated rings. The van der Waals surface area contributed by atoms with Crippen LogP contribution >= 0.6 is 39.0 Å². The first kappa shape index (κ1) is 17.1. The summed E-state index contributed by atoms with van der Waals surface area (Å²) in [6, 6.07) is 8.19. The van der Waals surface area contributed by atoms with E-state index in [4.69, 9.17) is 9.72 Å².